The van der Waals surface area contributed by atoms with Crippen molar-refractivity contribution in [3.63, 3.8) is 0 Å². The molecule has 2 amide bonds. The van der Waals surface area contributed by atoms with Gasteiger partial charge in [-0.15, -0.1) is 22.7 Å². The van der Waals surface area contributed by atoms with Crippen LogP contribution in [0.2, 0.25) is 0 Å². The number of nitrogens with zero attached hydrogens (tertiary/aromatic N) is 2. The second kappa shape index (κ2) is 6.18. The Morgan fingerprint density at radius 1 is 1.33 bits per heavy atom. The second-order valence-electron chi connectivity index (χ2n) is 6.09. The van der Waals surface area contributed by atoms with Crippen LogP contribution in [0.1, 0.15) is 29.8 Å². The Kier molecular flexibility index (Phi) is 4.01. The van der Waals surface area contributed by atoms with Gasteiger partial charge in [-0.2, -0.15) is 0 Å². The van der Waals surface area contributed by atoms with E-state index in [4.69, 9.17) is 4.74 Å². The molecule has 24 heavy (non-hydrogen) atoms. The molecule has 2 fully saturated rings. The average molecular weight is 363 g/mol. The number of carbonyl (C=O) groups is 2. The molecule has 6 nitrogen and oxygen atoms in total. The third kappa shape index (κ3) is 2.91. The van der Waals surface area contributed by atoms with E-state index in [2.05, 4.69) is 10.3 Å². The molecule has 0 bridgehead atoms. The average Bonchev–Trinajstić information content (AvgIpc) is 3.28. The van der Waals surface area contributed by atoms with Crippen LogP contribution in [0.3, 0.4) is 0 Å². The number of hydrogen-bond acceptors (Lipinski definition) is 6. The fourth-order valence-corrected chi connectivity index (χ4v) is 4.81. The first-order valence-electron chi connectivity index (χ1n) is 7.91. The molecule has 2 saturated heterocycles. The molecule has 1 spiro atoms. The number of carbonyl (C=O) groups excluding carboxylic acids is 2. The van der Waals surface area contributed by atoms with Crippen molar-refractivity contribution >= 4 is 34.7 Å². The lowest BCUT2D eigenvalue weighted by Crippen LogP contribution is -2.36. The lowest BCUT2D eigenvalue weighted by molar-refractivity contribution is 0.0438. The van der Waals surface area contributed by atoms with E-state index in [0.717, 1.165) is 22.7 Å². The second-order valence-corrected chi connectivity index (χ2v) is 7.89. The lowest BCUT2D eigenvalue weighted by Gasteiger charge is -2.24. The van der Waals surface area contributed by atoms with Crippen LogP contribution >= 0.6 is 22.7 Å². The Hall–Kier alpha value is -1.93. The topological polar surface area (TPSA) is 71.5 Å². The maximum absolute atomic E-state index is 12.8. The van der Waals surface area contributed by atoms with E-state index in [0.29, 0.717) is 31.7 Å². The van der Waals surface area contributed by atoms with Crippen LogP contribution in [0.25, 0.3) is 9.88 Å². The zero-order valence-electron chi connectivity index (χ0n) is 13.0. The van der Waals surface area contributed by atoms with Gasteiger partial charge in [0.2, 0.25) is 0 Å². The highest BCUT2D eigenvalue weighted by atomic mass is 32.1. The molecule has 0 unspecified atom stereocenters. The van der Waals surface area contributed by atoms with Gasteiger partial charge in [0.25, 0.3) is 5.91 Å². The third-order valence-corrected chi connectivity index (χ3v) is 6.39. The van der Waals surface area contributed by atoms with E-state index < -0.39 is 5.60 Å². The summed E-state index contributed by atoms with van der Waals surface area (Å²) in [7, 11) is 0. The number of aromatic nitrogens is 1. The van der Waals surface area contributed by atoms with Gasteiger partial charge in [-0.05, 0) is 24.3 Å². The molecule has 8 heteroatoms. The maximum Gasteiger partial charge on any atom is 0.407 e. The number of likely N-dealkylation sites (tertiary alicyclic amines) is 1. The molecule has 2 aliphatic rings. The highest BCUT2D eigenvalue weighted by Crippen LogP contribution is 2.31. The Morgan fingerprint density at radius 2 is 2.25 bits per heavy atom. The fraction of sp³-hybridized carbons (Fsp3) is 0.438. The summed E-state index contributed by atoms with van der Waals surface area (Å²) in [5, 5.41) is 7.44. The number of rotatable bonds is 2. The van der Waals surface area contributed by atoms with Gasteiger partial charge >= 0.3 is 6.09 Å². The number of thiophene rings is 1. The highest BCUT2D eigenvalue weighted by molar-refractivity contribution is 7.20. The monoisotopic (exact) mass is 363 g/mol. The molecule has 2 aromatic rings. The normalized spacial score (nSPS) is 23.8. The smallest absolute Gasteiger partial charge is 0.407 e. The number of nitrogens with one attached hydrogen (secondary N) is 1. The zero-order chi connectivity index (χ0) is 16.6. The van der Waals surface area contributed by atoms with E-state index in [1.54, 1.807) is 11.3 Å². The van der Waals surface area contributed by atoms with Crippen LogP contribution in [0.5, 0.6) is 0 Å². The van der Waals surface area contributed by atoms with Crippen molar-refractivity contribution in [2.45, 2.75) is 24.9 Å². The molecule has 0 aromatic carbocycles. The summed E-state index contributed by atoms with van der Waals surface area (Å²) >= 11 is 3.12. The Morgan fingerprint density at radius 3 is 3.00 bits per heavy atom. The van der Waals surface area contributed by atoms with Crippen molar-refractivity contribution in [3.8, 4) is 9.88 Å². The zero-order valence-corrected chi connectivity index (χ0v) is 14.6. The number of hydrogen-bond donors (Lipinski definition) is 1. The molecule has 0 radical (unpaired) electrons. The Bertz CT molecular complexity index is 758. The van der Waals surface area contributed by atoms with Crippen molar-refractivity contribution in [1.29, 1.82) is 0 Å². The van der Waals surface area contributed by atoms with E-state index in [9.17, 15) is 9.59 Å². The molecule has 1 atom stereocenters. The van der Waals surface area contributed by atoms with Crippen molar-refractivity contribution in [3.05, 3.63) is 28.6 Å². The molecule has 2 aromatic heterocycles. The SMILES string of the molecule is O=C1NC[C@]2(CCCN(C(=O)c3csc(-c4cccs4)n3)CC2)O1. The van der Waals surface area contributed by atoms with E-state index in [1.165, 1.54) is 11.3 Å². The molecular weight excluding hydrogens is 346 g/mol. The van der Waals surface area contributed by atoms with Gasteiger partial charge in [-0.3, -0.25) is 4.79 Å². The first-order valence-corrected chi connectivity index (χ1v) is 9.67. The molecule has 4 heterocycles. The largest absolute Gasteiger partial charge is 0.441 e. The minimum absolute atomic E-state index is 0.0385. The summed E-state index contributed by atoms with van der Waals surface area (Å²) in [6.07, 6.45) is 1.92. The third-order valence-electron chi connectivity index (χ3n) is 4.50. The highest BCUT2D eigenvalue weighted by Gasteiger charge is 2.42. The van der Waals surface area contributed by atoms with Crippen molar-refractivity contribution in [2.24, 2.45) is 0 Å². The number of alkyl carbamates (subject to hydrolysis) is 1. The van der Waals surface area contributed by atoms with E-state index in [-0.39, 0.29) is 12.0 Å². The van der Waals surface area contributed by atoms with Gasteiger partial charge in [0.15, 0.2) is 0 Å². The van der Waals surface area contributed by atoms with Gasteiger partial charge in [0.05, 0.1) is 11.4 Å². The number of thiazole rings is 1. The van der Waals surface area contributed by atoms with Crippen molar-refractivity contribution in [2.75, 3.05) is 19.6 Å². The molecule has 126 valence electrons. The molecular formula is C16H17N3O3S2. The first-order chi connectivity index (χ1) is 11.7. The Labute approximate surface area is 147 Å². The van der Waals surface area contributed by atoms with Crippen molar-refractivity contribution in [1.82, 2.24) is 15.2 Å². The van der Waals surface area contributed by atoms with Crippen LogP contribution in [-0.2, 0) is 4.74 Å². The van der Waals surface area contributed by atoms with Gasteiger partial charge in [0, 0.05) is 24.9 Å². The predicted octanol–water partition coefficient (Wildman–Crippen LogP) is 2.98. The Balaban J connectivity index is 1.46. The van der Waals surface area contributed by atoms with Crippen LogP contribution in [0, 0.1) is 0 Å². The molecule has 0 saturated carbocycles. The molecule has 1 N–H and O–H groups in total. The molecule has 2 aliphatic heterocycles. The van der Waals surface area contributed by atoms with E-state index >= 15 is 0 Å². The summed E-state index contributed by atoms with van der Waals surface area (Å²) in [4.78, 5) is 31.5. The first kappa shape index (κ1) is 15.6. The summed E-state index contributed by atoms with van der Waals surface area (Å²) in [5.74, 6) is -0.0385. The number of amides is 2. The van der Waals surface area contributed by atoms with Gasteiger partial charge in [-0.1, -0.05) is 6.07 Å². The summed E-state index contributed by atoms with van der Waals surface area (Å²) in [6, 6.07) is 3.99. The van der Waals surface area contributed by atoms with Gasteiger partial charge in [0.1, 0.15) is 16.3 Å². The fourth-order valence-electron chi connectivity index (χ4n) is 3.20. The van der Waals surface area contributed by atoms with Crippen molar-refractivity contribution < 1.29 is 14.3 Å². The minimum Gasteiger partial charge on any atom is -0.441 e. The van der Waals surface area contributed by atoms with E-state index in [1.807, 2.05) is 27.8 Å². The molecule has 0 aliphatic carbocycles. The predicted molar refractivity (Wildman–Crippen MR) is 92.4 cm³/mol. The minimum atomic E-state index is -0.448. The van der Waals surface area contributed by atoms with Crippen LogP contribution in [0.15, 0.2) is 22.9 Å². The van der Waals surface area contributed by atoms with Gasteiger partial charge < -0.3 is 15.0 Å². The van der Waals surface area contributed by atoms with Crippen LogP contribution in [0.4, 0.5) is 4.79 Å². The summed E-state index contributed by atoms with van der Waals surface area (Å²) in [6.45, 7) is 1.79. The van der Waals surface area contributed by atoms with Gasteiger partial charge in [-0.25, -0.2) is 9.78 Å². The number of ether oxygens (including phenoxy) is 1. The van der Waals surface area contributed by atoms with Crippen LogP contribution in [-0.4, -0.2) is 47.1 Å². The quantitative estimate of drug-likeness (QED) is 0.890. The maximum atomic E-state index is 12.8. The standard InChI is InChI=1S/C16H17N3O3S2/c20-14(11-9-24-13(18-11)12-3-1-8-23-12)19-6-2-4-16(5-7-19)10-17-15(21)22-16/h1,3,8-9H,2,4-7,10H2,(H,17,21)/t16-/m1/s1. The summed E-state index contributed by atoms with van der Waals surface area (Å²) < 4.78 is 5.46. The lowest BCUT2D eigenvalue weighted by atomic mass is 9.95. The van der Waals surface area contributed by atoms with Crippen LogP contribution < -0.4 is 5.32 Å². The molecule has 4 rings (SSSR count). The summed E-state index contributed by atoms with van der Waals surface area (Å²) in [5.41, 5.74) is 0.0527.